The summed E-state index contributed by atoms with van der Waals surface area (Å²) in [6, 6.07) is 6.60. The van der Waals surface area contributed by atoms with E-state index in [1.807, 2.05) is 12.1 Å². The van der Waals surface area contributed by atoms with E-state index in [-0.39, 0.29) is 11.4 Å². The molecule has 1 aromatic carbocycles. The number of aryl methyl sites for hydroxylation is 1. The highest BCUT2D eigenvalue weighted by molar-refractivity contribution is 5.48. The molecular weight excluding hydrogens is 307 g/mol. The number of nitrogens with zero attached hydrogens (tertiary/aromatic N) is 3. The molecule has 126 valence electrons. The summed E-state index contributed by atoms with van der Waals surface area (Å²) in [6.07, 6.45) is 3.94. The number of rotatable bonds is 2. The van der Waals surface area contributed by atoms with E-state index in [0.29, 0.717) is 5.95 Å². The maximum atomic E-state index is 13.0. The molecule has 2 aliphatic rings. The van der Waals surface area contributed by atoms with Crippen LogP contribution in [0.15, 0.2) is 29.1 Å². The largest absolute Gasteiger partial charge is 0.368 e. The summed E-state index contributed by atoms with van der Waals surface area (Å²) in [4.78, 5) is 24.3. The Kier molecular flexibility index (Phi) is 3.96. The molecule has 6 heteroatoms. The van der Waals surface area contributed by atoms with E-state index in [4.69, 9.17) is 4.98 Å². The highest BCUT2D eigenvalue weighted by Crippen LogP contribution is 2.21. The molecule has 1 N–H and O–H groups in total. The second-order valence-electron chi connectivity index (χ2n) is 6.47. The number of nitrogens with one attached hydrogen (secondary N) is 1. The highest BCUT2D eigenvalue weighted by atomic mass is 19.1. The lowest BCUT2D eigenvalue weighted by Crippen LogP contribution is -2.47. The number of hydrogen-bond donors (Lipinski definition) is 1. The lowest BCUT2D eigenvalue weighted by Gasteiger charge is -2.36. The standard InChI is InChI=1S/C18H21FN4O/c19-13-5-7-14(8-6-13)22-9-11-23(12-10-22)18-20-16-4-2-1-3-15(16)17(24)21-18/h5-8H,1-4,9-12H2,(H,20,21,24). The normalized spacial score (nSPS) is 17.7. The topological polar surface area (TPSA) is 52.2 Å². The van der Waals surface area contributed by atoms with Crippen molar-refractivity contribution in [2.45, 2.75) is 25.7 Å². The minimum absolute atomic E-state index is 0.0238. The van der Waals surface area contributed by atoms with E-state index in [2.05, 4.69) is 14.8 Å². The molecule has 0 radical (unpaired) electrons. The summed E-state index contributed by atoms with van der Waals surface area (Å²) in [5, 5.41) is 0. The number of anilines is 2. The molecule has 4 rings (SSSR count). The van der Waals surface area contributed by atoms with Crippen LogP contribution in [0, 0.1) is 5.82 Å². The molecular formula is C18H21FN4O. The Morgan fingerprint density at radius 3 is 2.38 bits per heavy atom. The molecule has 1 saturated heterocycles. The first-order chi connectivity index (χ1) is 11.7. The second-order valence-corrected chi connectivity index (χ2v) is 6.47. The summed E-state index contributed by atoms with van der Waals surface area (Å²) in [6.45, 7) is 3.23. The van der Waals surface area contributed by atoms with E-state index < -0.39 is 0 Å². The van der Waals surface area contributed by atoms with Crippen LogP contribution in [0.3, 0.4) is 0 Å². The number of piperazine rings is 1. The summed E-state index contributed by atoms with van der Waals surface area (Å²) in [7, 11) is 0. The lowest BCUT2D eigenvalue weighted by atomic mass is 9.97. The summed E-state index contributed by atoms with van der Waals surface area (Å²) in [5.41, 5.74) is 2.90. The van der Waals surface area contributed by atoms with Crippen LogP contribution < -0.4 is 15.4 Å². The van der Waals surface area contributed by atoms with Crippen LogP contribution in [0.1, 0.15) is 24.1 Å². The van der Waals surface area contributed by atoms with Gasteiger partial charge in [-0.25, -0.2) is 9.37 Å². The average molecular weight is 328 g/mol. The third-order valence-corrected chi connectivity index (χ3v) is 4.95. The van der Waals surface area contributed by atoms with Crippen molar-refractivity contribution in [1.29, 1.82) is 0 Å². The van der Waals surface area contributed by atoms with Crippen molar-refractivity contribution in [1.82, 2.24) is 9.97 Å². The van der Waals surface area contributed by atoms with Crippen molar-refractivity contribution in [2.24, 2.45) is 0 Å². The maximum absolute atomic E-state index is 13.0. The van der Waals surface area contributed by atoms with E-state index in [1.54, 1.807) is 0 Å². The Morgan fingerprint density at radius 2 is 1.62 bits per heavy atom. The minimum atomic E-state index is -0.215. The van der Waals surface area contributed by atoms with Gasteiger partial charge in [0.25, 0.3) is 5.56 Å². The van der Waals surface area contributed by atoms with Crippen molar-refractivity contribution >= 4 is 11.6 Å². The number of fused-ring (bicyclic) bond motifs is 1. The van der Waals surface area contributed by atoms with Crippen LogP contribution >= 0.6 is 0 Å². The van der Waals surface area contributed by atoms with Gasteiger partial charge in [-0.1, -0.05) is 0 Å². The van der Waals surface area contributed by atoms with E-state index in [1.165, 1.54) is 12.1 Å². The van der Waals surface area contributed by atoms with E-state index in [9.17, 15) is 9.18 Å². The molecule has 2 aromatic rings. The third-order valence-electron chi connectivity index (χ3n) is 4.95. The van der Waals surface area contributed by atoms with E-state index >= 15 is 0 Å². The number of aromatic nitrogens is 2. The third kappa shape index (κ3) is 2.88. The minimum Gasteiger partial charge on any atom is -0.368 e. The molecule has 24 heavy (non-hydrogen) atoms. The Labute approximate surface area is 140 Å². The zero-order chi connectivity index (χ0) is 16.5. The van der Waals surface area contributed by atoms with Gasteiger partial charge in [0, 0.05) is 37.4 Å². The van der Waals surface area contributed by atoms with Crippen LogP contribution in [0.25, 0.3) is 0 Å². The zero-order valence-corrected chi connectivity index (χ0v) is 13.6. The van der Waals surface area contributed by atoms with Crippen LogP contribution in [-0.2, 0) is 12.8 Å². The van der Waals surface area contributed by atoms with Crippen molar-refractivity contribution < 1.29 is 4.39 Å². The molecule has 1 aromatic heterocycles. The molecule has 0 atom stereocenters. The van der Waals surface area contributed by atoms with Gasteiger partial charge in [0.15, 0.2) is 0 Å². The molecule has 1 aliphatic heterocycles. The van der Waals surface area contributed by atoms with Crippen molar-refractivity contribution in [3.05, 3.63) is 51.7 Å². The predicted octanol–water partition coefficient (Wildman–Crippen LogP) is 2.11. The van der Waals surface area contributed by atoms with Crippen LogP contribution in [-0.4, -0.2) is 36.1 Å². The highest BCUT2D eigenvalue weighted by Gasteiger charge is 2.22. The molecule has 0 unspecified atom stereocenters. The molecule has 0 spiro atoms. The molecule has 2 heterocycles. The molecule has 0 bridgehead atoms. The first-order valence-electron chi connectivity index (χ1n) is 8.58. The van der Waals surface area contributed by atoms with Gasteiger partial charge >= 0.3 is 0 Å². The van der Waals surface area contributed by atoms with Crippen LogP contribution in [0.2, 0.25) is 0 Å². The Hall–Kier alpha value is -2.37. The zero-order valence-electron chi connectivity index (χ0n) is 13.6. The van der Waals surface area contributed by atoms with Gasteiger partial charge in [0.05, 0.1) is 5.69 Å². The van der Waals surface area contributed by atoms with Crippen molar-refractivity contribution in [2.75, 3.05) is 36.0 Å². The van der Waals surface area contributed by atoms with Crippen LogP contribution in [0.5, 0.6) is 0 Å². The molecule has 0 saturated carbocycles. The molecule has 5 nitrogen and oxygen atoms in total. The number of H-pyrrole nitrogens is 1. The maximum Gasteiger partial charge on any atom is 0.255 e. The number of benzene rings is 1. The monoisotopic (exact) mass is 328 g/mol. The number of hydrogen-bond acceptors (Lipinski definition) is 4. The number of aromatic amines is 1. The van der Waals surface area contributed by atoms with Crippen LogP contribution in [0.4, 0.5) is 16.0 Å². The van der Waals surface area contributed by atoms with Gasteiger partial charge in [-0.05, 0) is 49.9 Å². The Morgan fingerprint density at radius 1 is 0.958 bits per heavy atom. The van der Waals surface area contributed by atoms with Gasteiger partial charge < -0.3 is 9.80 Å². The molecule has 0 amide bonds. The van der Waals surface area contributed by atoms with Gasteiger partial charge in [-0.2, -0.15) is 0 Å². The Bertz CT molecular complexity index is 779. The summed E-state index contributed by atoms with van der Waals surface area (Å²) < 4.78 is 13.0. The van der Waals surface area contributed by atoms with Gasteiger partial charge in [-0.15, -0.1) is 0 Å². The quantitative estimate of drug-likeness (QED) is 0.917. The SMILES string of the molecule is O=c1[nH]c(N2CCN(c3ccc(F)cc3)CC2)nc2c1CCCC2. The second kappa shape index (κ2) is 6.26. The number of halogens is 1. The lowest BCUT2D eigenvalue weighted by molar-refractivity contribution is 0.616. The fourth-order valence-corrected chi connectivity index (χ4v) is 3.57. The summed E-state index contributed by atoms with van der Waals surface area (Å²) >= 11 is 0. The van der Waals surface area contributed by atoms with Gasteiger partial charge in [-0.3, -0.25) is 9.78 Å². The fourth-order valence-electron chi connectivity index (χ4n) is 3.57. The van der Waals surface area contributed by atoms with Gasteiger partial charge in [0.1, 0.15) is 5.82 Å². The molecule has 1 aliphatic carbocycles. The van der Waals surface area contributed by atoms with E-state index in [0.717, 1.165) is 68.8 Å². The molecule has 1 fully saturated rings. The average Bonchev–Trinajstić information content (AvgIpc) is 2.62. The van der Waals surface area contributed by atoms with Crippen molar-refractivity contribution in [3.63, 3.8) is 0 Å². The first kappa shape index (κ1) is 15.2. The van der Waals surface area contributed by atoms with Gasteiger partial charge in [0.2, 0.25) is 5.95 Å². The van der Waals surface area contributed by atoms with Crippen molar-refractivity contribution in [3.8, 4) is 0 Å². The fraction of sp³-hybridized carbons (Fsp3) is 0.444. The first-order valence-corrected chi connectivity index (χ1v) is 8.58. The summed E-state index contributed by atoms with van der Waals surface area (Å²) in [5.74, 6) is 0.479. The smallest absolute Gasteiger partial charge is 0.255 e. The Balaban J connectivity index is 1.49. The predicted molar refractivity (Wildman–Crippen MR) is 92.3 cm³/mol.